The second-order valence-corrected chi connectivity index (χ2v) is 7.67. The first-order valence-electron chi connectivity index (χ1n) is 10.3. The van der Waals surface area contributed by atoms with Crippen LogP contribution >= 0.6 is 0 Å². The van der Waals surface area contributed by atoms with Crippen LogP contribution in [-0.2, 0) is 11.2 Å². The van der Waals surface area contributed by atoms with Crippen LogP contribution in [0.1, 0.15) is 28.0 Å². The summed E-state index contributed by atoms with van der Waals surface area (Å²) in [5.41, 5.74) is 4.13. The lowest BCUT2D eigenvalue weighted by atomic mass is 10.1. The number of carbonyl (C=O) groups excluding carboxylic acids is 2. The molecule has 1 aliphatic rings. The summed E-state index contributed by atoms with van der Waals surface area (Å²) in [5.74, 6) is -1.51. The largest absolute Gasteiger partial charge is 0.292 e. The van der Waals surface area contributed by atoms with Crippen molar-refractivity contribution in [2.45, 2.75) is 12.8 Å². The molecule has 0 atom stereocenters. The number of rotatable bonds is 5. The zero-order valence-corrected chi connectivity index (χ0v) is 17.4. The minimum absolute atomic E-state index is 0.157. The molecule has 33 heavy (non-hydrogen) atoms. The van der Waals surface area contributed by atoms with E-state index in [1.165, 1.54) is 12.1 Å². The van der Waals surface area contributed by atoms with Gasteiger partial charge in [0, 0.05) is 17.5 Å². The molecule has 0 N–H and O–H groups in total. The van der Waals surface area contributed by atoms with Gasteiger partial charge in [0.25, 0.3) is 0 Å². The van der Waals surface area contributed by atoms with Crippen molar-refractivity contribution in [3.05, 3.63) is 102 Å². The third kappa shape index (κ3) is 3.58. The molecule has 0 unspecified atom stereocenters. The zero-order chi connectivity index (χ0) is 22.9. The lowest BCUT2D eigenvalue weighted by Gasteiger charge is -2.12. The number of nitriles is 1. The first kappa shape index (κ1) is 20.3. The van der Waals surface area contributed by atoms with Gasteiger partial charge in [0.15, 0.2) is 12.0 Å². The van der Waals surface area contributed by atoms with E-state index in [-0.39, 0.29) is 11.5 Å². The first-order valence-corrected chi connectivity index (χ1v) is 10.3. The molecular formula is C26H17FN4O2. The number of amides is 1. The Labute approximate surface area is 189 Å². The molecule has 1 aliphatic carbocycles. The van der Waals surface area contributed by atoms with Gasteiger partial charge in [0.05, 0.1) is 23.5 Å². The van der Waals surface area contributed by atoms with Crippen LogP contribution in [0.25, 0.3) is 16.9 Å². The van der Waals surface area contributed by atoms with Gasteiger partial charge in [-0.1, -0.05) is 42.5 Å². The molecule has 0 bridgehead atoms. The minimum Gasteiger partial charge on any atom is -0.292 e. The van der Waals surface area contributed by atoms with Crippen molar-refractivity contribution in [1.29, 1.82) is 5.26 Å². The van der Waals surface area contributed by atoms with Crippen molar-refractivity contribution in [2.75, 3.05) is 4.90 Å². The Morgan fingerprint density at radius 3 is 2.42 bits per heavy atom. The topological polar surface area (TPSA) is 79.0 Å². The van der Waals surface area contributed by atoms with E-state index in [1.54, 1.807) is 41.1 Å². The van der Waals surface area contributed by atoms with Gasteiger partial charge in [0.2, 0.25) is 5.91 Å². The fourth-order valence-corrected chi connectivity index (χ4v) is 4.12. The average molecular weight is 436 g/mol. The minimum atomic E-state index is -0.640. The molecule has 1 heterocycles. The number of carbonyl (C=O) groups is 2. The lowest BCUT2D eigenvalue weighted by Crippen LogP contribution is -2.28. The van der Waals surface area contributed by atoms with Crippen LogP contribution in [0, 0.1) is 17.3 Å². The normalized spacial score (nSPS) is 11.4. The fourth-order valence-electron chi connectivity index (χ4n) is 4.12. The lowest BCUT2D eigenvalue weighted by molar-refractivity contribution is -0.117. The number of Topliss-reactive ketones (excluding diaryl/α,β-unsaturated/α-hetero) is 1. The number of halogens is 1. The van der Waals surface area contributed by atoms with Crippen molar-refractivity contribution < 1.29 is 14.0 Å². The maximum absolute atomic E-state index is 14.0. The van der Waals surface area contributed by atoms with E-state index < -0.39 is 18.1 Å². The van der Waals surface area contributed by atoms with Crippen molar-refractivity contribution in [1.82, 2.24) is 9.78 Å². The summed E-state index contributed by atoms with van der Waals surface area (Å²) in [5, 5.41) is 14.0. The monoisotopic (exact) mass is 436 g/mol. The van der Waals surface area contributed by atoms with E-state index in [2.05, 4.69) is 5.10 Å². The van der Waals surface area contributed by atoms with Crippen LogP contribution in [0.15, 0.2) is 78.9 Å². The molecule has 0 radical (unpaired) electrons. The molecule has 7 heteroatoms. The Morgan fingerprint density at radius 1 is 1.03 bits per heavy atom. The summed E-state index contributed by atoms with van der Waals surface area (Å²) in [7, 11) is 0. The molecule has 160 valence electrons. The Morgan fingerprint density at radius 2 is 1.73 bits per heavy atom. The summed E-state index contributed by atoms with van der Waals surface area (Å²) in [6, 6.07) is 22.2. The van der Waals surface area contributed by atoms with Gasteiger partial charge in [-0.15, -0.1) is 0 Å². The predicted molar refractivity (Wildman–Crippen MR) is 120 cm³/mol. The summed E-state index contributed by atoms with van der Waals surface area (Å²) in [4.78, 5) is 26.9. The highest BCUT2D eigenvalue weighted by Crippen LogP contribution is 2.40. The Balaban J connectivity index is 1.54. The van der Waals surface area contributed by atoms with Gasteiger partial charge in [0.1, 0.15) is 11.5 Å². The van der Waals surface area contributed by atoms with E-state index in [0.717, 1.165) is 16.2 Å². The summed E-state index contributed by atoms with van der Waals surface area (Å²) in [6.45, 7) is 0. The number of hydrogen-bond acceptors (Lipinski definition) is 4. The third-order valence-electron chi connectivity index (χ3n) is 5.62. The van der Waals surface area contributed by atoms with E-state index in [9.17, 15) is 19.2 Å². The molecule has 0 fully saturated rings. The highest BCUT2D eigenvalue weighted by Gasteiger charge is 2.32. The maximum Gasteiger partial charge on any atom is 0.248 e. The number of nitrogens with zero attached hydrogens (tertiary/aromatic N) is 4. The van der Waals surface area contributed by atoms with E-state index in [1.807, 2.05) is 36.5 Å². The van der Waals surface area contributed by atoms with Crippen molar-refractivity contribution >= 4 is 17.4 Å². The van der Waals surface area contributed by atoms with Crippen molar-refractivity contribution in [2.24, 2.45) is 0 Å². The van der Waals surface area contributed by atoms with Crippen LogP contribution < -0.4 is 4.90 Å². The zero-order valence-electron chi connectivity index (χ0n) is 17.4. The number of anilines is 1. The van der Waals surface area contributed by atoms with E-state index in [0.29, 0.717) is 28.9 Å². The van der Waals surface area contributed by atoms with Crippen LogP contribution in [0.4, 0.5) is 10.1 Å². The average Bonchev–Trinajstić information content (AvgIpc) is 3.38. The molecule has 0 saturated heterocycles. The van der Waals surface area contributed by atoms with Crippen LogP contribution in [0.3, 0.4) is 0 Å². The van der Waals surface area contributed by atoms with Crippen molar-refractivity contribution in [3.8, 4) is 23.1 Å². The standard InChI is InChI=1S/C26H17FN4O2/c27-18-12-11-17-13-22-25(23(32)15-24(33)30(16-28)19-7-3-1-4-8-19)29-31(26(22)21(17)14-18)20-9-5-2-6-10-20/h1-12,14H,13,15H2. The SMILES string of the molecule is N#CN(C(=O)CC(=O)c1nn(-c2ccccc2)c2c1Cc1ccc(F)cc1-2)c1ccccc1. The number of fused-ring (bicyclic) bond motifs is 3. The summed E-state index contributed by atoms with van der Waals surface area (Å²) in [6.07, 6.45) is 1.74. The summed E-state index contributed by atoms with van der Waals surface area (Å²) < 4.78 is 15.7. The third-order valence-corrected chi connectivity index (χ3v) is 5.62. The predicted octanol–water partition coefficient (Wildman–Crippen LogP) is 4.67. The number of benzene rings is 3. The molecule has 3 aromatic carbocycles. The smallest absolute Gasteiger partial charge is 0.248 e. The highest BCUT2D eigenvalue weighted by atomic mass is 19.1. The van der Waals surface area contributed by atoms with Gasteiger partial charge in [-0.05, 0) is 42.0 Å². The molecule has 0 spiro atoms. The van der Waals surface area contributed by atoms with Crippen LogP contribution in [0.5, 0.6) is 0 Å². The van der Waals surface area contributed by atoms with Gasteiger partial charge in [-0.25, -0.2) is 14.0 Å². The van der Waals surface area contributed by atoms with Gasteiger partial charge < -0.3 is 0 Å². The molecule has 0 saturated carbocycles. The molecule has 6 nitrogen and oxygen atoms in total. The molecule has 5 rings (SSSR count). The maximum atomic E-state index is 14.0. The van der Waals surface area contributed by atoms with E-state index >= 15 is 0 Å². The number of aromatic nitrogens is 2. The number of hydrogen-bond donors (Lipinski definition) is 0. The van der Waals surface area contributed by atoms with Gasteiger partial charge in [-0.2, -0.15) is 10.4 Å². The van der Waals surface area contributed by atoms with Gasteiger partial charge in [-0.3, -0.25) is 9.59 Å². The molecule has 1 amide bonds. The van der Waals surface area contributed by atoms with Crippen LogP contribution in [0.2, 0.25) is 0 Å². The molecule has 0 aliphatic heterocycles. The molecule has 1 aromatic heterocycles. The second-order valence-electron chi connectivity index (χ2n) is 7.67. The fraction of sp³-hybridized carbons (Fsp3) is 0.0769. The van der Waals surface area contributed by atoms with Gasteiger partial charge >= 0.3 is 0 Å². The van der Waals surface area contributed by atoms with Crippen LogP contribution in [-0.4, -0.2) is 21.5 Å². The second kappa shape index (κ2) is 8.17. The van der Waals surface area contributed by atoms with Crippen molar-refractivity contribution in [3.63, 3.8) is 0 Å². The molecular weight excluding hydrogens is 419 g/mol. The Bertz CT molecular complexity index is 1420. The van der Waals surface area contributed by atoms with E-state index in [4.69, 9.17) is 0 Å². The quantitative estimate of drug-likeness (QED) is 0.174. The summed E-state index contributed by atoms with van der Waals surface area (Å²) >= 11 is 0. The number of ketones is 1. The highest BCUT2D eigenvalue weighted by molar-refractivity contribution is 6.13. The number of para-hydroxylation sites is 2. The molecule has 4 aromatic rings. The Hall–Kier alpha value is -4.57. The first-order chi connectivity index (χ1) is 16.1. The Kier molecular flexibility index (Phi) is 5.04.